The van der Waals surface area contributed by atoms with Gasteiger partial charge in [0.05, 0.1) is 48.0 Å². The molecule has 2 N–H and O–H groups in total. The Hall–Kier alpha value is -4.78. The summed E-state index contributed by atoms with van der Waals surface area (Å²) in [5, 5.41) is 27.0. The Morgan fingerprint density at radius 3 is 2.42 bits per heavy atom. The molecule has 1 atom stereocenters. The number of hydrogen-bond acceptors (Lipinski definition) is 10. The highest BCUT2D eigenvalue weighted by Gasteiger charge is 2.43. The molecule has 40 heavy (non-hydrogen) atoms. The van der Waals surface area contributed by atoms with Crippen molar-refractivity contribution in [1.82, 2.24) is 4.90 Å². The summed E-state index contributed by atoms with van der Waals surface area (Å²) in [6.07, 6.45) is 1.01. The lowest BCUT2D eigenvalue weighted by Gasteiger charge is -2.26. The molecule has 0 radical (unpaired) electrons. The van der Waals surface area contributed by atoms with E-state index in [1.54, 1.807) is 19.1 Å². The third-order valence-electron chi connectivity index (χ3n) is 6.05. The van der Waals surface area contributed by atoms with E-state index >= 15 is 0 Å². The van der Waals surface area contributed by atoms with Crippen LogP contribution in [-0.4, -0.2) is 67.0 Å². The summed E-state index contributed by atoms with van der Waals surface area (Å²) in [6, 6.07) is 11.4. The van der Waals surface area contributed by atoms with Crippen molar-refractivity contribution in [2.24, 2.45) is 10.2 Å². The van der Waals surface area contributed by atoms with Crippen LogP contribution in [-0.2, 0) is 9.84 Å². The third-order valence-corrected chi connectivity index (χ3v) is 6.97. The lowest BCUT2D eigenvalue weighted by molar-refractivity contribution is 0.0596. The first-order valence-corrected chi connectivity index (χ1v) is 14.0. The first-order chi connectivity index (χ1) is 18.9. The van der Waals surface area contributed by atoms with Crippen molar-refractivity contribution in [2.45, 2.75) is 13.0 Å². The average Bonchev–Trinajstić information content (AvgIpc) is 3.16. The van der Waals surface area contributed by atoms with Crippen molar-refractivity contribution in [2.75, 3.05) is 25.7 Å². The lowest BCUT2D eigenvalue weighted by Crippen LogP contribution is -2.37. The number of rotatable bonds is 10. The Morgan fingerprint density at radius 1 is 1.02 bits per heavy atom. The molecule has 0 saturated heterocycles. The van der Waals surface area contributed by atoms with E-state index in [-0.39, 0.29) is 28.1 Å². The van der Waals surface area contributed by atoms with Gasteiger partial charge in [0.2, 0.25) is 0 Å². The second-order valence-corrected chi connectivity index (χ2v) is 11.0. The van der Waals surface area contributed by atoms with Gasteiger partial charge < -0.3 is 19.7 Å². The monoisotopic (exact) mass is 567 g/mol. The molecule has 4 rings (SSSR count). The fraction of sp³-hybridized carbons (Fsp3) is 0.222. The summed E-state index contributed by atoms with van der Waals surface area (Å²) >= 11 is 0. The van der Waals surface area contributed by atoms with Gasteiger partial charge in [-0.1, -0.05) is 12.1 Å². The van der Waals surface area contributed by atoms with Crippen molar-refractivity contribution in [3.05, 3.63) is 76.9 Å². The molecule has 1 heterocycles. The van der Waals surface area contributed by atoms with Crippen molar-refractivity contribution in [1.29, 1.82) is 0 Å². The molecule has 0 aromatic heterocycles. The highest BCUT2D eigenvalue weighted by Crippen LogP contribution is 2.39. The standard InChI is InChI=1S/C27H25N3O9S/c1-4-39-23-12-15(8-11-22(23)38-2)20(14-40(3,36)37)30-25(32)17-6-5-7-19(24(17)26(30)33)29-28-16-9-10-21(31)18(13-16)27(34)35/h5-13,20,31H,4,14H2,1-3H3,(H,34,35)/t20-/m1/s1. The number of imide groups is 1. The largest absolute Gasteiger partial charge is 0.507 e. The first-order valence-electron chi connectivity index (χ1n) is 11.9. The summed E-state index contributed by atoms with van der Waals surface area (Å²) in [7, 11) is -2.23. The molecule has 0 fully saturated rings. The summed E-state index contributed by atoms with van der Waals surface area (Å²) in [4.78, 5) is 39.4. The van der Waals surface area contributed by atoms with E-state index < -0.39 is 45.2 Å². The van der Waals surface area contributed by atoms with Crippen molar-refractivity contribution >= 4 is 39.0 Å². The molecule has 0 saturated carbocycles. The number of fused-ring (bicyclic) bond motifs is 1. The normalized spacial score (nSPS) is 13.9. The fourth-order valence-corrected chi connectivity index (χ4v) is 5.21. The van der Waals surface area contributed by atoms with E-state index in [4.69, 9.17) is 9.47 Å². The molecule has 0 unspecified atom stereocenters. The molecule has 1 aliphatic heterocycles. The number of phenols is 1. The molecule has 12 nitrogen and oxygen atoms in total. The molecule has 3 aromatic rings. The summed E-state index contributed by atoms with van der Waals surface area (Å²) in [5.41, 5.74) is -0.00970. The van der Waals surface area contributed by atoms with Crippen LogP contribution in [0.4, 0.5) is 11.4 Å². The molecule has 0 aliphatic carbocycles. The van der Waals surface area contributed by atoms with E-state index in [0.717, 1.165) is 23.3 Å². The minimum absolute atomic E-state index is 0.00965. The number of methoxy groups -OCH3 is 1. The number of azo groups is 1. The summed E-state index contributed by atoms with van der Waals surface area (Å²) in [6.45, 7) is 2.06. The van der Waals surface area contributed by atoms with Crippen molar-refractivity contribution in [3.63, 3.8) is 0 Å². The number of carbonyl (C=O) groups excluding carboxylic acids is 2. The SMILES string of the molecule is CCOc1cc([C@@H](CS(C)(=O)=O)N2C(=O)c3cccc(N=Nc4ccc(O)c(C(=O)O)c4)c3C2=O)ccc1OC. The number of benzene rings is 3. The minimum Gasteiger partial charge on any atom is -0.507 e. The van der Waals surface area contributed by atoms with E-state index in [9.17, 15) is 33.0 Å². The van der Waals surface area contributed by atoms with Crippen molar-refractivity contribution < 1.29 is 42.5 Å². The third kappa shape index (κ3) is 5.64. The molecule has 2 amide bonds. The van der Waals surface area contributed by atoms with Crippen LogP contribution in [0.3, 0.4) is 0 Å². The van der Waals surface area contributed by atoms with E-state index in [1.807, 2.05) is 0 Å². The van der Waals surface area contributed by atoms with Crippen LogP contribution < -0.4 is 9.47 Å². The average molecular weight is 568 g/mol. The van der Waals surface area contributed by atoms with Gasteiger partial charge in [-0.2, -0.15) is 5.11 Å². The number of amides is 2. The molecule has 3 aromatic carbocycles. The number of carboxylic acids is 1. The Balaban J connectivity index is 1.77. The highest BCUT2D eigenvalue weighted by atomic mass is 32.2. The van der Waals surface area contributed by atoms with Crippen LogP contribution >= 0.6 is 0 Å². The quantitative estimate of drug-likeness (QED) is 0.268. The summed E-state index contributed by atoms with van der Waals surface area (Å²) < 4.78 is 35.7. The number of hydrogen-bond donors (Lipinski definition) is 2. The van der Waals surface area contributed by atoms with E-state index in [2.05, 4.69) is 10.2 Å². The Bertz CT molecular complexity index is 1650. The van der Waals surface area contributed by atoms with Crippen LogP contribution in [0.1, 0.15) is 49.6 Å². The zero-order valence-corrected chi connectivity index (χ0v) is 22.5. The first kappa shape index (κ1) is 28.2. The van der Waals surface area contributed by atoms with Crippen LogP contribution in [0.5, 0.6) is 17.2 Å². The molecular weight excluding hydrogens is 542 g/mol. The van der Waals surface area contributed by atoms with Crippen LogP contribution in [0.25, 0.3) is 0 Å². The predicted octanol–water partition coefficient (Wildman–Crippen LogP) is 4.30. The molecule has 0 bridgehead atoms. The smallest absolute Gasteiger partial charge is 0.339 e. The highest BCUT2D eigenvalue weighted by molar-refractivity contribution is 7.90. The fourth-order valence-electron chi connectivity index (χ4n) is 4.30. The number of ether oxygens (including phenoxy) is 2. The predicted molar refractivity (Wildman–Crippen MR) is 143 cm³/mol. The van der Waals surface area contributed by atoms with Gasteiger partial charge in [-0.3, -0.25) is 14.5 Å². The van der Waals surface area contributed by atoms with Crippen molar-refractivity contribution in [3.8, 4) is 17.2 Å². The van der Waals surface area contributed by atoms with E-state index in [1.165, 1.54) is 37.4 Å². The van der Waals surface area contributed by atoms with Gasteiger partial charge in [-0.15, -0.1) is 5.11 Å². The van der Waals surface area contributed by atoms with Gasteiger partial charge in [-0.05, 0) is 55.0 Å². The van der Waals surface area contributed by atoms with Gasteiger partial charge in [0, 0.05) is 6.26 Å². The summed E-state index contributed by atoms with van der Waals surface area (Å²) in [5.74, 6) is -3.12. The Morgan fingerprint density at radius 2 is 1.77 bits per heavy atom. The maximum atomic E-state index is 13.7. The Kier molecular flexibility index (Phi) is 7.86. The Labute approximate surface area is 229 Å². The van der Waals surface area contributed by atoms with Crippen LogP contribution in [0.2, 0.25) is 0 Å². The molecule has 13 heteroatoms. The maximum absolute atomic E-state index is 13.7. The second kappa shape index (κ2) is 11.1. The van der Waals surface area contributed by atoms with Gasteiger partial charge >= 0.3 is 5.97 Å². The van der Waals surface area contributed by atoms with Crippen LogP contribution in [0.15, 0.2) is 64.8 Å². The van der Waals surface area contributed by atoms with Gasteiger partial charge in [-0.25, -0.2) is 13.2 Å². The molecule has 1 aliphatic rings. The second-order valence-electron chi connectivity index (χ2n) is 8.84. The van der Waals surface area contributed by atoms with Gasteiger partial charge in [0.25, 0.3) is 11.8 Å². The van der Waals surface area contributed by atoms with Crippen LogP contribution in [0, 0.1) is 0 Å². The lowest BCUT2D eigenvalue weighted by atomic mass is 10.1. The number of nitrogens with zero attached hydrogens (tertiary/aromatic N) is 3. The van der Waals surface area contributed by atoms with Gasteiger partial charge in [0.15, 0.2) is 11.5 Å². The molecule has 0 spiro atoms. The number of sulfone groups is 1. The number of carbonyl (C=O) groups is 3. The maximum Gasteiger partial charge on any atom is 0.339 e. The van der Waals surface area contributed by atoms with Gasteiger partial charge in [0.1, 0.15) is 21.2 Å². The zero-order valence-electron chi connectivity index (χ0n) is 21.7. The van der Waals surface area contributed by atoms with E-state index in [0.29, 0.717) is 23.7 Å². The number of carboxylic acid groups (broad SMARTS) is 1. The number of aromatic carboxylic acids is 1. The molecular formula is C27H25N3O9S. The molecule has 208 valence electrons. The minimum atomic E-state index is -3.68. The zero-order chi connectivity index (χ0) is 29.2. The number of aromatic hydroxyl groups is 1. The topological polar surface area (TPSA) is 172 Å².